The molecule has 0 saturated heterocycles. The lowest BCUT2D eigenvalue weighted by Gasteiger charge is -2.29. The van der Waals surface area contributed by atoms with Gasteiger partial charge < -0.3 is 9.47 Å². The summed E-state index contributed by atoms with van der Waals surface area (Å²) in [5.41, 5.74) is 16.2. The van der Waals surface area contributed by atoms with E-state index in [1.54, 1.807) is 0 Å². The van der Waals surface area contributed by atoms with Crippen molar-refractivity contribution in [3.8, 4) is 50.2 Å². The van der Waals surface area contributed by atoms with Crippen LogP contribution in [0.1, 0.15) is 0 Å². The minimum Gasteiger partial charge on any atom is -0.310 e. The second-order valence-corrected chi connectivity index (χ2v) is 15.3. The fourth-order valence-electron chi connectivity index (χ4n) is 9.04. The van der Waals surface area contributed by atoms with Crippen LogP contribution in [-0.4, -0.2) is 4.57 Å². The highest BCUT2D eigenvalue weighted by molar-refractivity contribution is 6.09. The Labute approximate surface area is 350 Å². The van der Waals surface area contributed by atoms with Gasteiger partial charge in [-0.25, -0.2) is 0 Å². The molecule has 0 fully saturated rings. The minimum atomic E-state index is 1.07. The second kappa shape index (κ2) is 15.1. The van der Waals surface area contributed by atoms with Gasteiger partial charge >= 0.3 is 0 Å². The van der Waals surface area contributed by atoms with Gasteiger partial charge in [0, 0.05) is 33.4 Å². The number of fused-ring (bicyclic) bond motifs is 4. The molecule has 0 spiro atoms. The van der Waals surface area contributed by atoms with E-state index in [9.17, 15) is 0 Å². The van der Waals surface area contributed by atoms with E-state index >= 15 is 0 Å². The van der Waals surface area contributed by atoms with Crippen LogP contribution in [-0.2, 0) is 0 Å². The van der Waals surface area contributed by atoms with Crippen LogP contribution in [0, 0.1) is 0 Å². The van der Waals surface area contributed by atoms with Crippen LogP contribution in [0.3, 0.4) is 0 Å². The molecule has 0 radical (unpaired) electrons. The van der Waals surface area contributed by atoms with Crippen molar-refractivity contribution in [2.24, 2.45) is 0 Å². The SMILES string of the molecule is c1ccc(-c2ccc(N(c3cccc(-c4cccc5ccccc45)c3)c3ccccc3-c3ccccc3)cc2-c2cccc(-n3c4ccccc4c4ccccc43)c2)cc1. The average Bonchev–Trinajstić information content (AvgIpc) is 3.67. The first-order valence-corrected chi connectivity index (χ1v) is 20.6. The molecule has 0 aliphatic rings. The highest BCUT2D eigenvalue weighted by Crippen LogP contribution is 2.45. The number of nitrogens with zero attached hydrogens (tertiary/aromatic N) is 2. The number of anilines is 3. The van der Waals surface area contributed by atoms with Crippen LogP contribution in [0.4, 0.5) is 17.1 Å². The van der Waals surface area contributed by atoms with Gasteiger partial charge in [-0.3, -0.25) is 0 Å². The summed E-state index contributed by atoms with van der Waals surface area (Å²) < 4.78 is 2.40. The Kier molecular flexibility index (Phi) is 8.87. The van der Waals surface area contributed by atoms with Crippen molar-refractivity contribution in [2.75, 3.05) is 4.90 Å². The van der Waals surface area contributed by atoms with Gasteiger partial charge in [-0.05, 0) is 104 Å². The molecule has 1 heterocycles. The van der Waals surface area contributed by atoms with Crippen molar-refractivity contribution in [1.82, 2.24) is 4.57 Å². The van der Waals surface area contributed by atoms with Crippen molar-refractivity contribution in [1.29, 1.82) is 0 Å². The Morgan fingerprint density at radius 2 is 0.800 bits per heavy atom. The summed E-state index contributed by atoms with van der Waals surface area (Å²) in [4.78, 5) is 2.44. The Morgan fingerprint density at radius 3 is 1.55 bits per heavy atom. The summed E-state index contributed by atoms with van der Waals surface area (Å²) in [7, 11) is 0. The van der Waals surface area contributed by atoms with Gasteiger partial charge in [0.25, 0.3) is 0 Å². The maximum atomic E-state index is 2.44. The summed E-state index contributed by atoms with van der Waals surface area (Å²) in [6.45, 7) is 0. The lowest BCUT2D eigenvalue weighted by atomic mass is 9.93. The van der Waals surface area contributed by atoms with Crippen molar-refractivity contribution < 1.29 is 0 Å². The van der Waals surface area contributed by atoms with Gasteiger partial charge in [-0.1, -0.05) is 188 Å². The molecule has 60 heavy (non-hydrogen) atoms. The van der Waals surface area contributed by atoms with E-state index in [0.29, 0.717) is 0 Å². The molecule has 282 valence electrons. The number of aromatic nitrogens is 1. The first kappa shape index (κ1) is 35.2. The fourth-order valence-corrected chi connectivity index (χ4v) is 9.04. The van der Waals surface area contributed by atoms with Gasteiger partial charge in [0.15, 0.2) is 0 Å². The molecular formula is C58H40N2. The van der Waals surface area contributed by atoms with Crippen LogP contribution in [0.5, 0.6) is 0 Å². The Hall–Kier alpha value is -7.94. The second-order valence-electron chi connectivity index (χ2n) is 15.3. The molecule has 0 atom stereocenters. The first-order chi connectivity index (χ1) is 29.8. The molecule has 0 amide bonds. The maximum Gasteiger partial charge on any atom is 0.0541 e. The summed E-state index contributed by atoms with van der Waals surface area (Å²) in [6.07, 6.45) is 0. The Morgan fingerprint density at radius 1 is 0.283 bits per heavy atom. The third kappa shape index (κ3) is 6.23. The zero-order valence-corrected chi connectivity index (χ0v) is 33.0. The molecule has 1 aromatic heterocycles. The molecule has 2 heteroatoms. The normalized spacial score (nSPS) is 11.3. The summed E-state index contributed by atoms with van der Waals surface area (Å²) in [6, 6.07) is 88.0. The number of hydrogen-bond donors (Lipinski definition) is 0. The van der Waals surface area contributed by atoms with Crippen LogP contribution in [0.25, 0.3) is 82.8 Å². The maximum absolute atomic E-state index is 2.44. The Balaban J connectivity index is 1.14. The third-order valence-corrected chi connectivity index (χ3v) is 11.8. The van der Waals surface area contributed by atoms with Crippen LogP contribution in [0.2, 0.25) is 0 Å². The van der Waals surface area contributed by atoms with E-state index in [0.717, 1.165) is 39.4 Å². The van der Waals surface area contributed by atoms with Gasteiger partial charge in [0.2, 0.25) is 0 Å². The molecule has 0 bridgehead atoms. The fraction of sp³-hybridized carbons (Fsp3) is 0. The predicted octanol–water partition coefficient (Wildman–Crippen LogP) is 16.1. The molecule has 0 aliphatic heterocycles. The zero-order valence-electron chi connectivity index (χ0n) is 33.0. The molecule has 0 aliphatic carbocycles. The molecule has 2 nitrogen and oxygen atoms in total. The summed E-state index contributed by atoms with van der Waals surface area (Å²) in [5.74, 6) is 0. The van der Waals surface area contributed by atoms with Gasteiger partial charge in [-0.2, -0.15) is 0 Å². The average molecular weight is 765 g/mol. The Bertz CT molecular complexity index is 3270. The zero-order chi connectivity index (χ0) is 39.8. The highest BCUT2D eigenvalue weighted by atomic mass is 15.1. The third-order valence-electron chi connectivity index (χ3n) is 11.8. The van der Waals surface area contributed by atoms with E-state index in [2.05, 4.69) is 252 Å². The van der Waals surface area contributed by atoms with Gasteiger partial charge in [0.05, 0.1) is 16.7 Å². The summed E-state index contributed by atoms with van der Waals surface area (Å²) in [5, 5.41) is 4.98. The largest absolute Gasteiger partial charge is 0.310 e. The van der Waals surface area contributed by atoms with E-state index in [1.165, 1.54) is 60.4 Å². The van der Waals surface area contributed by atoms with E-state index in [1.807, 2.05) is 0 Å². The minimum absolute atomic E-state index is 1.07. The number of hydrogen-bond acceptors (Lipinski definition) is 1. The molecule has 11 aromatic rings. The molecule has 10 aromatic carbocycles. The number of rotatable bonds is 8. The van der Waals surface area contributed by atoms with Crippen molar-refractivity contribution in [2.45, 2.75) is 0 Å². The van der Waals surface area contributed by atoms with Crippen molar-refractivity contribution in [3.63, 3.8) is 0 Å². The first-order valence-electron chi connectivity index (χ1n) is 20.6. The lowest BCUT2D eigenvalue weighted by molar-refractivity contribution is 1.18. The number of benzene rings is 10. The van der Waals surface area contributed by atoms with Gasteiger partial charge in [0.1, 0.15) is 0 Å². The smallest absolute Gasteiger partial charge is 0.0541 e. The molecule has 0 saturated carbocycles. The van der Waals surface area contributed by atoms with E-state index < -0.39 is 0 Å². The van der Waals surface area contributed by atoms with Crippen molar-refractivity contribution in [3.05, 3.63) is 243 Å². The molecule has 0 N–H and O–H groups in total. The predicted molar refractivity (Wildman–Crippen MR) is 255 cm³/mol. The van der Waals surface area contributed by atoms with Crippen LogP contribution >= 0.6 is 0 Å². The van der Waals surface area contributed by atoms with Crippen LogP contribution < -0.4 is 4.90 Å². The number of para-hydroxylation sites is 3. The molecule has 11 rings (SSSR count). The standard InChI is InChI=1S/C58H40N2/c1-3-18-41(19-4-1)51-37-36-48(40-55(51)45-25-16-27-47(39-45)60-57-34-13-10-30-53(57)54-31-11-14-35-58(54)60)59(56-33-12-9-29-52(56)43-20-5-2-6-21-43)46-26-15-24-44(38-46)50-32-17-23-42-22-7-8-28-49(42)50/h1-40H. The lowest BCUT2D eigenvalue weighted by Crippen LogP contribution is -2.11. The van der Waals surface area contributed by atoms with Gasteiger partial charge in [-0.15, -0.1) is 0 Å². The van der Waals surface area contributed by atoms with Crippen LogP contribution in [0.15, 0.2) is 243 Å². The molecular weight excluding hydrogens is 725 g/mol. The van der Waals surface area contributed by atoms with Crippen molar-refractivity contribution >= 4 is 49.6 Å². The quantitative estimate of drug-likeness (QED) is 0.150. The van der Waals surface area contributed by atoms with E-state index in [-0.39, 0.29) is 0 Å². The monoisotopic (exact) mass is 764 g/mol. The highest BCUT2D eigenvalue weighted by Gasteiger charge is 2.21. The van der Waals surface area contributed by atoms with E-state index in [4.69, 9.17) is 0 Å². The topological polar surface area (TPSA) is 8.17 Å². The summed E-state index contributed by atoms with van der Waals surface area (Å²) >= 11 is 0. The molecule has 0 unspecified atom stereocenters.